The lowest BCUT2D eigenvalue weighted by Gasteiger charge is -2.34. The third-order valence-corrected chi connectivity index (χ3v) is 28.8. The first-order valence-electron chi connectivity index (χ1n) is 36.6. The Balaban J connectivity index is 0.769. The van der Waals surface area contributed by atoms with Crippen LogP contribution in [-0.2, 0) is 5.41 Å². The Morgan fingerprint density at radius 1 is 0.276 bits per heavy atom. The van der Waals surface area contributed by atoms with E-state index in [0.717, 1.165) is 89.0 Å². The second-order valence-electron chi connectivity index (χ2n) is 28.6. The molecule has 0 radical (unpaired) electrons. The first-order chi connectivity index (χ1) is 51.8. The molecule has 0 aliphatic heterocycles. The first-order valence-corrected chi connectivity index (χ1v) is 41.2. The molecule has 4 nitrogen and oxygen atoms in total. The van der Waals surface area contributed by atoms with E-state index in [2.05, 4.69) is 387 Å². The fourth-order valence-corrected chi connectivity index (χ4v) is 22.4. The molecule has 2 aliphatic rings. The molecule has 0 fully saturated rings. The molecule has 0 atom stereocenters. The van der Waals surface area contributed by atoms with Crippen LogP contribution in [-0.4, -0.2) is 17.6 Å². The third-order valence-electron chi connectivity index (χ3n) is 23.1. The van der Waals surface area contributed by atoms with Crippen molar-refractivity contribution in [2.24, 2.45) is 0 Å². The predicted octanol–water partition coefficient (Wildman–Crippen LogP) is 23.5. The van der Waals surface area contributed by atoms with Gasteiger partial charge in [-0.2, -0.15) is 0 Å². The highest BCUT2D eigenvalue weighted by molar-refractivity contribution is 7.10. The maximum atomic E-state index is 6.84. The number of benzene rings is 17. The molecule has 0 N–H and O–H groups in total. The molecule has 17 aromatic carbocycles. The zero-order valence-corrected chi connectivity index (χ0v) is 60.5. The lowest BCUT2D eigenvalue weighted by molar-refractivity contribution is 0.668. The summed E-state index contributed by atoms with van der Waals surface area (Å²) in [7, 11) is -2.74. The van der Waals surface area contributed by atoms with Crippen LogP contribution in [0.2, 0.25) is 13.1 Å². The standard InChI is InChI=1S/C99H68N2O2Si2/c1-104-76-27-19-25-67(55-76)69-41-49-94-85(57-69)88-60-74(47-52-97(88)103-94)101(72-44-40-64-22-10-12-24-66(64)54-72)93-62-92-98(83-36-14-13-35-82(83)93)84-48-45-75(61-91(84)99(92)89-37-17-15-33-80(89)81-34-16-18-38-90(81)99)100(71-43-39-63-21-9-11-23-65(63)53-71)73-46-51-96-87(59-73)86-58-70(42-50-95(86)102-96)68-26-20-32-79(56-68)105(2,77-28-5-3-6-29-77)78-30-7-4-8-31-78/h3-62H,104H2,1-2H3. The molecule has 0 saturated carbocycles. The van der Waals surface area contributed by atoms with Crippen LogP contribution >= 0.6 is 0 Å². The molecule has 105 heavy (non-hydrogen) atoms. The van der Waals surface area contributed by atoms with Crippen molar-refractivity contribution >= 4 is 149 Å². The highest BCUT2D eigenvalue weighted by Gasteiger charge is 2.53. The predicted molar refractivity (Wildman–Crippen MR) is 447 cm³/mol. The smallest absolute Gasteiger partial charge is 0.145 e. The quantitative estimate of drug-likeness (QED) is 0.0901. The summed E-state index contributed by atoms with van der Waals surface area (Å²) >= 11 is 0. The Kier molecular flexibility index (Phi) is 13.8. The fraction of sp³-hybridized carbons (Fsp3) is 0.0303. The SMILES string of the molecule is C[SiH2]c1cccc(-c2ccc3oc4ccc(N(c5ccc6ccccc6c5)c5cc6c(c7ccccc57)-c5ccc(N(c7ccc8ccccc8c7)c7ccc8oc9ccc(-c%10cccc([Si](C)(c%11ccccc%11)c%11ccccc%11)c%10)cc9c8c7)cc5C65c6ccccc6-c6ccccc65)cc4c3c2)c1. The van der Waals surface area contributed by atoms with Gasteiger partial charge in [0, 0.05) is 55.4 Å². The molecule has 21 rings (SSSR count). The van der Waals surface area contributed by atoms with Gasteiger partial charge in [0.15, 0.2) is 0 Å². The monoisotopic (exact) mass is 1370 g/mol. The Morgan fingerprint density at radius 2 is 0.714 bits per heavy atom. The Morgan fingerprint density at radius 3 is 1.31 bits per heavy atom. The summed E-state index contributed by atoms with van der Waals surface area (Å²) < 4.78 is 13.6. The van der Waals surface area contributed by atoms with Crippen LogP contribution in [0.4, 0.5) is 34.1 Å². The summed E-state index contributed by atoms with van der Waals surface area (Å²) in [6.45, 7) is 4.85. The molecule has 2 aromatic heterocycles. The Labute approximate surface area is 612 Å². The molecule has 0 amide bonds. The van der Waals surface area contributed by atoms with Gasteiger partial charge in [0.1, 0.15) is 30.4 Å². The first kappa shape index (κ1) is 60.9. The zero-order chi connectivity index (χ0) is 69.5. The van der Waals surface area contributed by atoms with E-state index in [1.54, 1.807) is 0 Å². The van der Waals surface area contributed by atoms with E-state index in [4.69, 9.17) is 8.83 Å². The number of nitrogens with zero attached hydrogens (tertiary/aromatic N) is 2. The molecule has 0 bridgehead atoms. The number of hydrogen-bond acceptors (Lipinski definition) is 4. The van der Waals surface area contributed by atoms with E-state index in [1.165, 1.54) is 109 Å². The van der Waals surface area contributed by atoms with Crippen molar-refractivity contribution in [2.75, 3.05) is 9.80 Å². The number of hydrogen-bond donors (Lipinski definition) is 0. The van der Waals surface area contributed by atoms with Gasteiger partial charge in [-0.3, -0.25) is 0 Å². The minimum absolute atomic E-state index is 0.338. The van der Waals surface area contributed by atoms with E-state index in [1.807, 2.05) is 0 Å². The molecule has 19 aromatic rings. The molecular formula is C99H68N2O2Si2. The molecule has 2 aliphatic carbocycles. The van der Waals surface area contributed by atoms with Gasteiger partial charge in [0.05, 0.1) is 20.6 Å². The molecule has 0 saturated heterocycles. The van der Waals surface area contributed by atoms with Crippen molar-refractivity contribution in [3.8, 4) is 44.5 Å². The number of anilines is 6. The average Bonchev–Trinajstić information content (AvgIpc) is 1.50. The minimum atomic E-state index is -2.40. The summed E-state index contributed by atoms with van der Waals surface area (Å²) in [6.07, 6.45) is 0. The highest BCUT2D eigenvalue weighted by atomic mass is 28.3. The summed E-state index contributed by atoms with van der Waals surface area (Å²) in [6, 6.07) is 136. The average molecular weight is 1370 g/mol. The van der Waals surface area contributed by atoms with Gasteiger partial charge in [0.2, 0.25) is 0 Å². The van der Waals surface area contributed by atoms with Gasteiger partial charge in [-0.05, 0) is 212 Å². The van der Waals surface area contributed by atoms with Gasteiger partial charge in [0.25, 0.3) is 0 Å². The number of furan rings is 2. The summed E-state index contributed by atoms with van der Waals surface area (Å²) in [4.78, 5) is 5.00. The summed E-state index contributed by atoms with van der Waals surface area (Å²) in [5.41, 5.74) is 23.8. The molecule has 0 unspecified atom stereocenters. The van der Waals surface area contributed by atoms with Gasteiger partial charge >= 0.3 is 0 Å². The topological polar surface area (TPSA) is 32.8 Å². The molecule has 6 heteroatoms. The van der Waals surface area contributed by atoms with E-state index < -0.39 is 13.5 Å². The van der Waals surface area contributed by atoms with Gasteiger partial charge in [-0.25, -0.2) is 0 Å². The fourth-order valence-electron chi connectivity index (χ4n) is 18.0. The Bertz CT molecular complexity index is 6680. The van der Waals surface area contributed by atoms with Crippen LogP contribution in [0.3, 0.4) is 0 Å². The minimum Gasteiger partial charge on any atom is -0.456 e. The van der Waals surface area contributed by atoms with Crippen LogP contribution < -0.4 is 30.5 Å². The molecular weight excluding hydrogens is 1310 g/mol. The van der Waals surface area contributed by atoms with Gasteiger partial charge < -0.3 is 18.6 Å². The van der Waals surface area contributed by atoms with E-state index in [9.17, 15) is 0 Å². The molecule has 494 valence electrons. The van der Waals surface area contributed by atoms with Crippen LogP contribution in [0.5, 0.6) is 0 Å². The van der Waals surface area contributed by atoms with Crippen molar-refractivity contribution < 1.29 is 8.83 Å². The largest absolute Gasteiger partial charge is 0.456 e. The van der Waals surface area contributed by atoms with E-state index in [-0.39, 0.29) is 9.52 Å². The van der Waals surface area contributed by atoms with Gasteiger partial charge in [-0.15, -0.1) is 0 Å². The van der Waals surface area contributed by atoms with Crippen molar-refractivity contribution in [3.05, 3.63) is 386 Å². The van der Waals surface area contributed by atoms with E-state index >= 15 is 0 Å². The van der Waals surface area contributed by atoms with E-state index in [0.29, 0.717) is 0 Å². The third kappa shape index (κ3) is 9.43. The molecule has 1 spiro atoms. The lowest BCUT2D eigenvalue weighted by atomic mass is 9.70. The van der Waals surface area contributed by atoms with Crippen molar-refractivity contribution in [2.45, 2.75) is 18.5 Å². The molecule has 2 heterocycles. The summed E-state index contributed by atoms with van der Waals surface area (Å²) in [5, 5.41) is 17.0. The maximum absolute atomic E-state index is 6.84. The second kappa shape index (κ2) is 23.9. The van der Waals surface area contributed by atoms with Crippen molar-refractivity contribution in [1.82, 2.24) is 0 Å². The van der Waals surface area contributed by atoms with Crippen LogP contribution in [0.15, 0.2) is 373 Å². The summed E-state index contributed by atoms with van der Waals surface area (Å²) in [5.74, 6) is 0. The maximum Gasteiger partial charge on any atom is 0.145 e. The van der Waals surface area contributed by atoms with Gasteiger partial charge in [-0.1, -0.05) is 279 Å². The second-order valence-corrected chi connectivity index (χ2v) is 34.2. The normalized spacial score (nSPS) is 12.9. The van der Waals surface area contributed by atoms with Crippen LogP contribution in [0.1, 0.15) is 22.3 Å². The lowest BCUT2D eigenvalue weighted by Crippen LogP contribution is -2.64. The van der Waals surface area contributed by atoms with Crippen molar-refractivity contribution in [3.63, 3.8) is 0 Å². The zero-order valence-electron chi connectivity index (χ0n) is 58.1. The van der Waals surface area contributed by atoms with Crippen molar-refractivity contribution in [1.29, 1.82) is 0 Å². The van der Waals surface area contributed by atoms with Crippen LogP contribution in [0, 0.1) is 0 Å². The number of fused-ring (bicyclic) bond motifs is 20. The Hall–Kier alpha value is -12.8. The van der Waals surface area contributed by atoms with Crippen LogP contribution in [0.25, 0.3) is 121 Å². The number of rotatable bonds is 12. The highest BCUT2D eigenvalue weighted by Crippen LogP contribution is 2.66.